The first-order valence-electron chi connectivity index (χ1n) is 9.15. The minimum Gasteiger partial charge on any atom is -0.355 e. The van der Waals surface area contributed by atoms with Crippen molar-refractivity contribution in [1.82, 2.24) is 19.4 Å². The van der Waals surface area contributed by atoms with Gasteiger partial charge in [-0.2, -0.15) is 0 Å². The van der Waals surface area contributed by atoms with Gasteiger partial charge in [0.25, 0.3) is 11.5 Å². The molecule has 3 heterocycles. The molecule has 7 nitrogen and oxygen atoms in total. The van der Waals surface area contributed by atoms with E-state index in [4.69, 9.17) is 0 Å². The largest absolute Gasteiger partial charge is 0.355 e. The number of anilines is 1. The fourth-order valence-corrected chi connectivity index (χ4v) is 3.42. The van der Waals surface area contributed by atoms with Crippen LogP contribution in [0.1, 0.15) is 41.2 Å². The zero-order chi connectivity index (χ0) is 18.1. The predicted octanol–water partition coefficient (Wildman–Crippen LogP) is 1.41. The Labute approximate surface area is 152 Å². The highest BCUT2D eigenvalue weighted by Crippen LogP contribution is 2.39. The van der Waals surface area contributed by atoms with Gasteiger partial charge in [-0.15, -0.1) is 0 Å². The van der Waals surface area contributed by atoms with Crippen LogP contribution in [0.2, 0.25) is 0 Å². The molecule has 0 bridgehead atoms. The van der Waals surface area contributed by atoms with E-state index in [2.05, 4.69) is 20.9 Å². The lowest BCUT2D eigenvalue weighted by molar-refractivity contribution is 0.0764. The summed E-state index contributed by atoms with van der Waals surface area (Å²) in [7, 11) is 1.66. The molecule has 26 heavy (non-hydrogen) atoms. The van der Waals surface area contributed by atoms with Crippen molar-refractivity contribution in [2.45, 2.75) is 25.2 Å². The minimum absolute atomic E-state index is 0.186. The number of rotatable bonds is 3. The number of nitrogens with zero attached hydrogens (tertiary/aromatic N) is 5. The minimum atomic E-state index is -0.247. The summed E-state index contributed by atoms with van der Waals surface area (Å²) in [5, 5.41) is 0. The van der Waals surface area contributed by atoms with Gasteiger partial charge >= 0.3 is 0 Å². The van der Waals surface area contributed by atoms with Crippen LogP contribution in [0.25, 0.3) is 0 Å². The summed E-state index contributed by atoms with van der Waals surface area (Å²) in [4.78, 5) is 37.8. The lowest BCUT2D eigenvalue weighted by atomic mass is 10.2. The molecule has 0 radical (unpaired) electrons. The summed E-state index contributed by atoms with van der Waals surface area (Å²) in [5.74, 6) is 1.34. The maximum Gasteiger partial charge on any atom is 0.263 e. The van der Waals surface area contributed by atoms with Gasteiger partial charge in [0.2, 0.25) is 0 Å². The van der Waals surface area contributed by atoms with Crippen LogP contribution in [0.15, 0.2) is 35.5 Å². The number of amides is 1. The molecule has 1 saturated heterocycles. The molecular weight excluding hydrogens is 330 g/mol. The molecule has 0 N–H and O–H groups in total. The molecule has 2 aliphatic rings. The lowest BCUT2D eigenvalue weighted by Gasteiger charge is -2.23. The van der Waals surface area contributed by atoms with E-state index in [-0.39, 0.29) is 17.0 Å². The van der Waals surface area contributed by atoms with E-state index in [0.717, 1.165) is 24.5 Å². The molecule has 7 heteroatoms. The number of carbonyl (C=O) groups excluding carboxylic acids is 1. The molecule has 1 amide bonds. The van der Waals surface area contributed by atoms with Crippen molar-refractivity contribution in [1.29, 1.82) is 0 Å². The van der Waals surface area contributed by atoms with E-state index in [1.165, 1.54) is 17.4 Å². The van der Waals surface area contributed by atoms with Crippen molar-refractivity contribution in [3.63, 3.8) is 0 Å². The fraction of sp³-hybridized carbons (Fsp3) is 0.474. The molecule has 1 aliphatic carbocycles. The van der Waals surface area contributed by atoms with Gasteiger partial charge < -0.3 is 14.4 Å². The SMILES string of the molecule is Cn1cccc(C(=O)N2CCCN(c3cc(C4CC4)ncn3)CC2)c1=O. The summed E-state index contributed by atoms with van der Waals surface area (Å²) >= 11 is 0. The van der Waals surface area contributed by atoms with E-state index >= 15 is 0 Å². The number of pyridine rings is 1. The van der Waals surface area contributed by atoms with Crippen LogP contribution < -0.4 is 10.5 Å². The van der Waals surface area contributed by atoms with E-state index in [1.807, 2.05) is 0 Å². The summed E-state index contributed by atoms with van der Waals surface area (Å²) in [6, 6.07) is 5.43. The van der Waals surface area contributed by atoms with Gasteiger partial charge in [0.1, 0.15) is 17.7 Å². The Hall–Kier alpha value is -2.70. The van der Waals surface area contributed by atoms with Gasteiger partial charge in [-0.1, -0.05) is 0 Å². The Morgan fingerprint density at radius 2 is 2.00 bits per heavy atom. The smallest absolute Gasteiger partial charge is 0.263 e. The zero-order valence-corrected chi connectivity index (χ0v) is 15.0. The maximum absolute atomic E-state index is 12.8. The third-order valence-corrected chi connectivity index (χ3v) is 5.13. The fourth-order valence-electron chi connectivity index (χ4n) is 3.42. The Morgan fingerprint density at radius 3 is 2.81 bits per heavy atom. The van der Waals surface area contributed by atoms with Gasteiger partial charge in [-0.3, -0.25) is 9.59 Å². The van der Waals surface area contributed by atoms with Crippen LogP contribution >= 0.6 is 0 Å². The van der Waals surface area contributed by atoms with Gasteiger partial charge in [0.15, 0.2) is 0 Å². The average Bonchev–Trinajstić information content (AvgIpc) is 3.50. The molecule has 0 spiro atoms. The number of hydrogen-bond acceptors (Lipinski definition) is 5. The molecule has 2 fully saturated rings. The van der Waals surface area contributed by atoms with Gasteiger partial charge in [-0.25, -0.2) is 9.97 Å². The quantitative estimate of drug-likeness (QED) is 0.834. The van der Waals surface area contributed by atoms with Crippen LogP contribution in [0.3, 0.4) is 0 Å². The zero-order valence-electron chi connectivity index (χ0n) is 15.0. The van der Waals surface area contributed by atoms with Crippen molar-refractivity contribution in [2.24, 2.45) is 7.05 Å². The average molecular weight is 353 g/mol. The lowest BCUT2D eigenvalue weighted by Crippen LogP contribution is -2.38. The topological polar surface area (TPSA) is 71.3 Å². The molecular formula is C19H23N5O2. The third-order valence-electron chi connectivity index (χ3n) is 5.13. The summed E-state index contributed by atoms with van der Waals surface area (Å²) in [6.07, 6.45) is 6.58. The third kappa shape index (κ3) is 3.34. The number of carbonyl (C=O) groups is 1. The molecule has 0 unspecified atom stereocenters. The monoisotopic (exact) mass is 353 g/mol. The first-order valence-corrected chi connectivity index (χ1v) is 9.15. The van der Waals surface area contributed by atoms with Crippen molar-refractivity contribution < 1.29 is 4.79 Å². The van der Waals surface area contributed by atoms with Crippen molar-refractivity contribution in [3.8, 4) is 0 Å². The van der Waals surface area contributed by atoms with Crippen molar-refractivity contribution in [2.75, 3.05) is 31.1 Å². The molecule has 136 valence electrons. The normalized spacial score (nSPS) is 17.9. The Morgan fingerprint density at radius 1 is 1.15 bits per heavy atom. The molecule has 2 aromatic heterocycles. The molecule has 1 aliphatic heterocycles. The number of aryl methyl sites for hydroxylation is 1. The van der Waals surface area contributed by atoms with E-state index in [0.29, 0.717) is 25.6 Å². The second-order valence-corrected chi connectivity index (χ2v) is 7.05. The maximum atomic E-state index is 12.8. The Bertz CT molecular complexity index is 874. The molecule has 2 aromatic rings. The summed E-state index contributed by atoms with van der Waals surface area (Å²) in [5.41, 5.74) is 1.12. The molecule has 4 rings (SSSR count). The van der Waals surface area contributed by atoms with Gasteiger partial charge in [-0.05, 0) is 31.4 Å². The highest BCUT2D eigenvalue weighted by molar-refractivity contribution is 5.93. The Kier molecular flexibility index (Phi) is 4.44. The second-order valence-electron chi connectivity index (χ2n) is 7.05. The van der Waals surface area contributed by atoms with E-state index in [9.17, 15) is 9.59 Å². The highest BCUT2D eigenvalue weighted by Gasteiger charge is 2.27. The van der Waals surface area contributed by atoms with Gasteiger partial charge in [0, 0.05) is 57.1 Å². The number of aromatic nitrogens is 3. The van der Waals surface area contributed by atoms with Crippen LogP contribution in [-0.2, 0) is 7.05 Å². The van der Waals surface area contributed by atoms with Crippen LogP contribution in [0.5, 0.6) is 0 Å². The first-order chi connectivity index (χ1) is 12.6. The molecule has 0 aromatic carbocycles. The van der Waals surface area contributed by atoms with Crippen molar-refractivity contribution in [3.05, 3.63) is 52.3 Å². The van der Waals surface area contributed by atoms with Crippen molar-refractivity contribution >= 4 is 11.7 Å². The first kappa shape index (κ1) is 16.8. The van der Waals surface area contributed by atoms with E-state index < -0.39 is 0 Å². The summed E-state index contributed by atoms with van der Waals surface area (Å²) < 4.78 is 1.44. The number of hydrogen-bond donors (Lipinski definition) is 0. The standard InChI is InChI=1S/C19H23N5O2/c1-22-7-2-4-15(18(22)25)19(26)24-9-3-8-23(10-11-24)17-12-16(14-5-6-14)20-13-21-17/h2,4,7,12-14H,3,5-6,8-11H2,1H3. The Balaban J connectivity index is 1.48. The van der Waals surface area contributed by atoms with Crippen LogP contribution in [0.4, 0.5) is 5.82 Å². The second kappa shape index (κ2) is 6.90. The summed E-state index contributed by atoms with van der Waals surface area (Å²) in [6.45, 7) is 2.78. The molecule has 0 atom stereocenters. The van der Waals surface area contributed by atoms with Gasteiger partial charge in [0.05, 0.1) is 0 Å². The van der Waals surface area contributed by atoms with Crippen LogP contribution in [0, 0.1) is 0 Å². The highest BCUT2D eigenvalue weighted by atomic mass is 16.2. The predicted molar refractivity (Wildman–Crippen MR) is 98.4 cm³/mol. The molecule has 1 saturated carbocycles. The van der Waals surface area contributed by atoms with Crippen LogP contribution in [-0.4, -0.2) is 51.5 Å². The van der Waals surface area contributed by atoms with E-state index in [1.54, 1.807) is 36.6 Å².